The molecule has 0 spiro atoms. The van der Waals surface area contributed by atoms with Crippen LogP contribution in [0.2, 0.25) is 0 Å². The van der Waals surface area contributed by atoms with Gasteiger partial charge in [-0.3, -0.25) is 4.72 Å². The van der Waals surface area contributed by atoms with Crippen LogP contribution in [0.5, 0.6) is 23.1 Å². The summed E-state index contributed by atoms with van der Waals surface area (Å²) in [5.74, 6) is 0.899. The highest BCUT2D eigenvalue weighted by atomic mass is 32.2. The fraction of sp³-hybridized carbons (Fsp3) is 0.214. The largest absolute Gasteiger partial charge is 0.493 e. The van der Waals surface area contributed by atoms with E-state index >= 15 is 0 Å². The van der Waals surface area contributed by atoms with Crippen molar-refractivity contribution < 1.29 is 27.7 Å². The minimum absolute atomic E-state index is 0.0494. The third kappa shape index (κ3) is 6.21. The van der Waals surface area contributed by atoms with Crippen molar-refractivity contribution in [2.45, 2.75) is 24.7 Å². The van der Waals surface area contributed by atoms with Crippen LogP contribution in [0.1, 0.15) is 25.3 Å². The van der Waals surface area contributed by atoms with E-state index in [0.29, 0.717) is 17.1 Å². The molecule has 3 aromatic carbocycles. The fourth-order valence-corrected chi connectivity index (χ4v) is 4.58. The lowest BCUT2D eigenvalue weighted by Crippen LogP contribution is -2.16. The standard InChI is InChI=1S/C28H29N3O6S/c1-19(2)20-13-15-22(16-14-20)38(33,34)31-27-25(37-24-12-8-7-11-23(24)35-3)28(36-18-17-32)30-26(29-27)21-9-5-4-6-10-21/h4-16,19,32H,17-18H2,1-3H3,(H,29,30,31). The SMILES string of the molecule is COc1ccccc1Oc1c(NS(=O)(=O)c2ccc(C(C)C)cc2)nc(-c2ccccc2)nc1OCCO. The Balaban J connectivity index is 1.85. The lowest BCUT2D eigenvalue weighted by molar-refractivity contribution is 0.192. The zero-order valence-electron chi connectivity index (χ0n) is 21.3. The zero-order chi connectivity index (χ0) is 27.1. The lowest BCUT2D eigenvalue weighted by atomic mass is 10.0. The fourth-order valence-electron chi connectivity index (χ4n) is 3.58. The summed E-state index contributed by atoms with van der Waals surface area (Å²) in [6.45, 7) is 3.67. The number of anilines is 1. The van der Waals surface area contributed by atoms with Gasteiger partial charge in [0.25, 0.3) is 15.9 Å². The van der Waals surface area contributed by atoms with Crippen molar-refractivity contribution >= 4 is 15.8 Å². The molecule has 0 saturated heterocycles. The zero-order valence-corrected chi connectivity index (χ0v) is 22.1. The summed E-state index contributed by atoms with van der Waals surface area (Å²) in [7, 11) is -2.59. The van der Waals surface area contributed by atoms with Crippen LogP contribution in [-0.4, -0.2) is 43.8 Å². The molecule has 0 unspecified atom stereocenters. The van der Waals surface area contributed by atoms with Crippen LogP contribution >= 0.6 is 0 Å². The Kier molecular flexibility index (Phi) is 8.45. The number of methoxy groups -OCH3 is 1. The molecule has 0 bridgehead atoms. The number of aromatic nitrogens is 2. The second kappa shape index (κ2) is 11.9. The van der Waals surface area contributed by atoms with Gasteiger partial charge in [-0.25, -0.2) is 13.4 Å². The van der Waals surface area contributed by atoms with Crippen molar-refractivity contribution in [2.24, 2.45) is 0 Å². The summed E-state index contributed by atoms with van der Waals surface area (Å²) in [6.07, 6.45) is 0. The summed E-state index contributed by atoms with van der Waals surface area (Å²) in [4.78, 5) is 9.05. The Hall–Kier alpha value is -4.15. The molecule has 198 valence electrons. The van der Waals surface area contributed by atoms with Crippen molar-refractivity contribution in [1.29, 1.82) is 0 Å². The maximum Gasteiger partial charge on any atom is 0.263 e. The van der Waals surface area contributed by atoms with Crippen molar-refractivity contribution in [1.82, 2.24) is 9.97 Å². The first kappa shape index (κ1) is 26.9. The maximum absolute atomic E-state index is 13.5. The van der Waals surface area contributed by atoms with Crippen molar-refractivity contribution in [3.8, 4) is 34.5 Å². The number of para-hydroxylation sites is 2. The lowest BCUT2D eigenvalue weighted by Gasteiger charge is -2.18. The highest BCUT2D eigenvalue weighted by molar-refractivity contribution is 7.92. The van der Waals surface area contributed by atoms with E-state index in [2.05, 4.69) is 14.7 Å². The summed E-state index contributed by atoms with van der Waals surface area (Å²) in [5.41, 5.74) is 1.64. The normalized spacial score (nSPS) is 11.3. The number of hydrogen-bond acceptors (Lipinski definition) is 8. The summed E-state index contributed by atoms with van der Waals surface area (Å²) in [5, 5.41) is 9.40. The van der Waals surface area contributed by atoms with Gasteiger partial charge in [0.2, 0.25) is 5.75 Å². The van der Waals surface area contributed by atoms with Gasteiger partial charge in [0.05, 0.1) is 18.6 Å². The predicted octanol–water partition coefficient (Wildman–Crippen LogP) is 5.24. The molecule has 1 aromatic heterocycles. The number of nitrogens with zero attached hydrogens (tertiary/aromatic N) is 2. The molecule has 0 amide bonds. The van der Waals surface area contributed by atoms with E-state index in [1.807, 2.05) is 32.0 Å². The number of benzene rings is 3. The molecule has 2 N–H and O–H groups in total. The molecule has 4 rings (SSSR count). The van der Waals surface area contributed by atoms with E-state index in [1.165, 1.54) is 7.11 Å². The Labute approximate surface area is 222 Å². The second-order valence-electron chi connectivity index (χ2n) is 8.55. The van der Waals surface area contributed by atoms with Crippen LogP contribution in [0.3, 0.4) is 0 Å². The minimum Gasteiger partial charge on any atom is -0.493 e. The van der Waals surface area contributed by atoms with Crippen LogP contribution in [0, 0.1) is 0 Å². The van der Waals surface area contributed by atoms with Crippen molar-refractivity contribution in [3.05, 3.63) is 84.4 Å². The van der Waals surface area contributed by atoms with Crippen LogP contribution < -0.4 is 18.9 Å². The first-order valence-electron chi connectivity index (χ1n) is 12.0. The van der Waals surface area contributed by atoms with Gasteiger partial charge >= 0.3 is 0 Å². The third-order valence-corrected chi connectivity index (χ3v) is 6.92. The van der Waals surface area contributed by atoms with Gasteiger partial charge in [0.1, 0.15) is 6.61 Å². The topological polar surface area (TPSA) is 120 Å². The molecule has 9 nitrogen and oxygen atoms in total. The molecule has 1 heterocycles. The molecular weight excluding hydrogens is 506 g/mol. The van der Waals surface area contributed by atoms with Crippen molar-refractivity contribution in [2.75, 3.05) is 25.0 Å². The molecule has 0 aliphatic carbocycles. The average Bonchev–Trinajstić information content (AvgIpc) is 2.93. The minimum atomic E-state index is -4.08. The number of ether oxygens (including phenoxy) is 3. The number of sulfonamides is 1. The van der Waals surface area contributed by atoms with Crippen LogP contribution in [0.25, 0.3) is 11.4 Å². The molecule has 10 heteroatoms. The number of hydrogen-bond donors (Lipinski definition) is 2. The first-order chi connectivity index (χ1) is 18.3. The molecular formula is C28H29N3O6S. The van der Waals surface area contributed by atoms with Gasteiger partial charge in [-0.2, -0.15) is 4.98 Å². The Morgan fingerprint density at radius 1 is 0.895 bits per heavy atom. The second-order valence-corrected chi connectivity index (χ2v) is 10.2. The summed E-state index contributed by atoms with van der Waals surface area (Å²) < 4.78 is 46.6. The highest BCUT2D eigenvalue weighted by Crippen LogP contribution is 2.41. The number of rotatable bonds is 11. The van der Waals surface area contributed by atoms with E-state index in [9.17, 15) is 13.5 Å². The highest BCUT2D eigenvalue weighted by Gasteiger charge is 2.25. The first-order valence-corrected chi connectivity index (χ1v) is 13.5. The van der Waals surface area contributed by atoms with E-state index < -0.39 is 10.0 Å². The number of aliphatic hydroxyl groups is 1. The van der Waals surface area contributed by atoms with Crippen LogP contribution in [0.15, 0.2) is 83.8 Å². The molecule has 0 aliphatic rings. The molecule has 0 fully saturated rings. The van der Waals surface area contributed by atoms with E-state index in [1.54, 1.807) is 60.7 Å². The number of aliphatic hydroxyl groups excluding tert-OH is 1. The smallest absolute Gasteiger partial charge is 0.263 e. The average molecular weight is 536 g/mol. The van der Waals surface area contributed by atoms with E-state index in [4.69, 9.17) is 14.2 Å². The van der Waals surface area contributed by atoms with Gasteiger partial charge in [-0.05, 0) is 35.7 Å². The Morgan fingerprint density at radius 2 is 1.55 bits per heavy atom. The monoisotopic (exact) mass is 535 g/mol. The van der Waals surface area contributed by atoms with Gasteiger partial charge in [-0.15, -0.1) is 0 Å². The molecule has 0 radical (unpaired) electrons. The summed E-state index contributed by atoms with van der Waals surface area (Å²) >= 11 is 0. The quantitative estimate of drug-likeness (QED) is 0.268. The van der Waals surface area contributed by atoms with Crippen molar-refractivity contribution in [3.63, 3.8) is 0 Å². The van der Waals surface area contributed by atoms with Gasteiger partial charge in [-0.1, -0.05) is 68.4 Å². The van der Waals surface area contributed by atoms with Crippen LogP contribution in [0.4, 0.5) is 5.82 Å². The molecule has 4 aromatic rings. The third-order valence-electron chi connectivity index (χ3n) is 5.57. The predicted molar refractivity (Wildman–Crippen MR) is 144 cm³/mol. The molecule has 0 saturated carbocycles. The molecule has 0 aliphatic heterocycles. The van der Waals surface area contributed by atoms with E-state index in [-0.39, 0.29) is 47.3 Å². The van der Waals surface area contributed by atoms with Crippen LogP contribution in [-0.2, 0) is 10.0 Å². The Morgan fingerprint density at radius 3 is 2.18 bits per heavy atom. The molecule has 38 heavy (non-hydrogen) atoms. The maximum atomic E-state index is 13.5. The summed E-state index contributed by atoms with van der Waals surface area (Å²) in [6, 6.07) is 22.5. The number of nitrogens with one attached hydrogen (secondary N) is 1. The Bertz CT molecular complexity index is 1480. The molecule has 0 atom stereocenters. The van der Waals surface area contributed by atoms with Gasteiger partial charge in [0.15, 0.2) is 23.1 Å². The van der Waals surface area contributed by atoms with Gasteiger partial charge < -0.3 is 19.3 Å². The van der Waals surface area contributed by atoms with Gasteiger partial charge in [0, 0.05) is 5.56 Å². The van der Waals surface area contributed by atoms with E-state index in [0.717, 1.165) is 5.56 Å².